The van der Waals surface area contributed by atoms with Crippen molar-refractivity contribution in [3.63, 3.8) is 0 Å². The van der Waals surface area contributed by atoms with Gasteiger partial charge in [0.2, 0.25) is 0 Å². The molecule has 9 aromatic carbocycles. The van der Waals surface area contributed by atoms with Crippen molar-refractivity contribution in [1.29, 1.82) is 0 Å². The number of pyridine rings is 1. The fourth-order valence-corrected chi connectivity index (χ4v) is 11.6. The van der Waals surface area contributed by atoms with E-state index in [1.807, 2.05) is 48.2 Å². The molecule has 0 atom stereocenters. The van der Waals surface area contributed by atoms with E-state index in [0.717, 1.165) is 61.4 Å². The predicted octanol–water partition coefficient (Wildman–Crippen LogP) is 15.3. The molecule has 3 heterocycles. The second-order valence-corrected chi connectivity index (χ2v) is 17.7. The third-order valence-corrected chi connectivity index (χ3v) is 14.4. The van der Waals surface area contributed by atoms with E-state index >= 15 is 0 Å². The molecular weight excluding hydrogens is 795 g/mol. The Labute approximate surface area is 375 Å². The number of hydrogen-bond acceptors (Lipinski definition) is 4. The first-order valence-electron chi connectivity index (χ1n) is 21.8. The molecular formula is C60H37N3S. The van der Waals surface area contributed by atoms with Crippen molar-refractivity contribution in [3.05, 3.63) is 247 Å². The highest BCUT2D eigenvalue weighted by molar-refractivity contribution is 7.99. The van der Waals surface area contributed by atoms with Gasteiger partial charge in [0.05, 0.1) is 28.0 Å². The summed E-state index contributed by atoms with van der Waals surface area (Å²) in [4.78, 5) is 18.1. The number of fused-ring (bicyclic) bond motifs is 13. The second kappa shape index (κ2) is 14.6. The molecule has 1 aliphatic carbocycles. The van der Waals surface area contributed by atoms with Crippen LogP contribution < -0.4 is 0 Å². The van der Waals surface area contributed by atoms with Crippen LogP contribution in [0.1, 0.15) is 22.3 Å². The molecule has 4 heteroatoms. The van der Waals surface area contributed by atoms with Crippen molar-refractivity contribution in [3.8, 4) is 67.4 Å². The third-order valence-electron chi connectivity index (χ3n) is 13.2. The zero-order chi connectivity index (χ0) is 42.2. The highest BCUT2D eigenvalue weighted by Crippen LogP contribution is 2.63. The van der Waals surface area contributed by atoms with Crippen molar-refractivity contribution >= 4 is 33.4 Å². The van der Waals surface area contributed by atoms with Crippen LogP contribution in [-0.4, -0.2) is 15.0 Å². The van der Waals surface area contributed by atoms with Gasteiger partial charge in [-0.15, -0.1) is 0 Å². The van der Waals surface area contributed by atoms with E-state index < -0.39 is 5.41 Å². The molecule has 0 fully saturated rings. The van der Waals surface area contributed by atoms with E-state index in [4.69, 9.17) is 15.0 Å². The average Bonchev–Trinajstić information content (AvgIpc) is 3.67. The van der Waals surface area contributed by atoms with Gasteiger partial charge in [-0.25, -0.2) is 15.0 Å². The first-order valence-corrected chi connectivity index (χ1v) is 22.6. The SMILES string of the molecule is c1ccc(-c2cc(-c3ccc(-c4ccc(-c5nc6ccccc6c6ccc7c(c56)Sc5ccccc5C75c6ccccc6-c6ccccc65)cc4)cc3)nc(-c3ccccc3)n2)cc1. The van der Waals surface area contributed by atoms with Crippen LogP contribution in [-0.2, 0) is 5.41 Å². The van der Waals surface area contributed by atoms with Gasteiger partial charge in [0.15, 0.2) is 5.82 Å². The largest absolute Gasteiger partial charge is 0.247 e. The van der Waals surface area contributed by atoms with E-state index in [2.05, 4.69) is 188 Å². The second-order valence-electron chi connectivity index (χ2n) is 16.6. The van der Waals surface area contributed by atoms with E-state index in [-0.39, 0.29) is 0 Å². The molecule has 0 N–H and O–H groups in total. The molecule has 2 aliphatic rings. The molecule has 0 amide bonds. The molecule has 64 heavy (non-hydrogen) atoms. The molecule has 13 rings (SSSR count). The maximum absolute atomic E-state index is 5.52. The van der Waals surface area contributed by atoms with Crippen molar-refractivity contribution in [2.24, 2.45) is 0 Å². The normalized spacial score (nSPS) is 13.1. The Morgan fingerprint density at radius 1 is 0.344 bits per heavy atom. The van der Waals surface area contributed by atoms with Gasteiger partial charge in [-0.05, 0) is 68.1 Å². The van der Waals surface area contributed by atoms with Crippen LogP contribution in [0.2, 0.25) is 0 Å². The number of aromatic nitrogens is 3. The van der Waals surface area contributed by atoms with Crippen molar-refractivity contribution in [2.75, 3.05) is 0 Å². The van der Waals surface area contributed by atoms with Crippen LogP contribution in [0.3, 0.4) is 0 Å². The predicted molar refractivity (Wildman–Crippen MR) is 263 cm³/mol. The molecule has 1 aliphatic heterocycles. The summed E-state index contributed by atoms with van der Waals surface area (Å²) in [6, 6.07) is 80.7. The molecule has 1 spiro atoms. The monoisotopic (exact) mass is 831 g/mol. The standard InChI is InChI=1S/C60H37N3S/c1-3-15-40(16-4-1)53-37-54(63-59(62-53)43-17-5-2-6-18-43)41-31-27-38(28-32-41)39-29-33-42(34-30-39)57-56-47(46-21-9-13-25-52(46)61-57)35-36-51-58(56)64-55-26-14-12-24-50(55)60(51)48-22-10-7-19-44(48)45-20-8-11-23-49(45)60/h1-37H. The molecule has 0 bridgehead atoms. The Balaban J connectivity index is 0.940. The highest BCUT2D eigenvalue weighted by atomic mass is 32.2. The van der Waals surface area contributed by atoms with Crippen molar-refractivity contribution in [2.45, 2.75) is 15.2 Å². The Kier molecular flexibility index (Phi) is 8.37. The topological polar surface area (TPSA) is 38.7 Å². The van der Waals surface area contributed by atoms with Gasteiger partial charge < -0.3 is 0 Å². The molecule has 3 nitrogen and oxygen atoms in total. The zero-order valence-corrected chi connectivity index (χ0v) is 35.4. The summed E-state index contributed by atoms with van der Waals surface area (Å²) < 4.78 is 0. The van der Waals surface area contributed by atoms with Gasteiger partial charge in [0, 0.05) is 42.8 Å². The lowest BCUT2D eigenvalue weighted by Crippen LogP contribution is -2.32. The summed E-state index contributed by atoms with van der Waals surface area (Å²) >= 11 is 1.89. The Morgan fingerprint density at radius 3 is 1.53 bits per heavy atom. The minimum atomic E-state index is -0.463. The summed E-state index contributed by atoms with van der Waals surface area (Å²) in [5.74, 6) is 0.711. The lowest BCUT2D eigenvalue weighted by atomic mass is 9.67. The van der Waals surface area contributed by atoms with Gasteiger partial charge in [0.1, 0.15) is 0 Å². The molecule has 0 saturated heterocycles. The van der Waals surface area contributed by atoms with Gasteiger partial charge in [-0.2, -0.15) is 0 Å². The maximum Gasteiger partial charge on any atom is 0.160 e. The first-order chi connectivity index (χ1) is 31.7. The number of para-hydroxylation sites is 1. The molecule has 2 aromatic heterocycles. The van der Waals surface area contributed by atoms with Gasteiger partial charge in [-0.1, -0.05) is 218 Å². The van der Waals surface area contributed by atoms with Gasteiger partial charge >= 0.3 is 0 Å². The molecule has 0 saturated carbocycles. The van der Waals surface area contributed by atoms with Crippen LogP contribution >= 0.6 is 11.8 Å². The average molecular weight is 832 g/mol. The van der Waals surface area contributed by atoms with E-state index in [0.29, 0.717) is 5.82 Å². The molecule has 0 radical (unpaired) electrons. The minimum absolute atomic E-state index is 0.463. The molecule has 298 valence electrons. The smallest absolute Gasteiger partial charge is 0.160 e. The van der Waals surface area contributed by atoms with E-state index in [1.54, 1.807) is 0 Å². The summed E-state index contributed by atoms with van der Waals surface area (Å²) in [5.41, 5.74) is 17.7. The first kappa shape index (κ1) is 36.7. The summed E-state index contributed by atoms with van der Waals surface area (Å²) in [7, 11) is 0. The maximum atomic E-state index is 5.52. The molecule has 11 aromatic rings. The number of benzene rings is 9. The van der Waals surface area contributed by atoms with Crippen molar-refractivity contribution in [1.82, 2.24) is 15.0 Å². The summed E-state index contributed by atoms with van der Waals surface area (Å²) in [6.45, 7) is 0. The van der Waals surface area contributed by atoms with Crippen LogP contribution in [0.5, 0.6) is 0 Å². The number of nitrogens with zero attached hydrogens (tertiary/aromatic N) is 3. The van der Waals surface area contributed by atoms with Crippen LogP contribution in [0.15, 0.2) is 234 Å². The van der Waals surface area contributed by atoms with Crippen LogP contribution in [0.4, 0.5) is 0 Å². The fourth-order valence-electron chi connectivity index (χ4n) is 10.3. The lowest BCUT2D eigenvalue weighted by molar-refractivity contribution is 0.726. The highest BCUT2D eigenvalue weighted by Gasteiger charge is 2.50. The quantitative estimate of drug-likeness (QED) is 0.162. The van der Waals surface area contributed by atoms with Crippen LogP contribution in [0, 0.1) is 0 Å². The molecule has 0 unspecified atom stereocenters. The van der Waals surface area contributed by atoms with Crippen LogP contribution in [0.25, 0.3) is 89.1 Å². The summed E-state index contributed by atoms with van der Waals surface area (Å²) in [5, 5.41) is 3.58. The third kappa shape index (κ3) is 5.59. The Morgan fingerprint density at radius 2 is 0.859 bits per heavy atom. The van der Waals surface area contributed by atoms with Gasteiger partial charge in [-0.3, -0.25) is 0 Å². The fraction of sp³-hybridized carbons (Fsp3) is 0.0167. The van der Waals surface area contributed by atoms with E-state index in [1.165, 1.54) is 53.9 Å². The van der Waals surface area contributed by atoms with E-state index in [9.17, 15) is 0 Å². The number of rotatable bonds is 5. The summed E-state index contributed by atoms with van der Waals surface area (Å²) in [6.07, 6.45) is 0. The minimum Gasteiger partial charge on any atom is -0.247 e. The Bertz CT molecular complexity index is 3520. The van der Waals surface area contributed by atoms with Crippen molar-refractivity contribution < 1.29 is 0 Å². The Hall–Kier alpha value is -7.92. The number of hydrogen-bond donors (Lipinski definition) is 0. The zero-order valence-electron chi connectivity index (χ0n) is 34.6. The van der Waals surface area contributed by atoms with Gasteiger partial charge in [0.25, 0.3) is 0 Å². The lowest BCUT2D eigenvalue weighted by Gasteiger charge is -2.40.